The molecule has 1 fully saturated rings. The number of hydrogen-bond acceptors (Lipinski definition) is 5. The molecule has 4 rings (SSSR count). The number of carbonyl (C=O) groups is 1. The van der Waals surface area contributed by atoms with Crippen molar-refractivity contribution in [1.82, 2.24) is 25.1 Å². The van der Waals surface area contributed by atoms with Gasteiger partial charge in [-0.05, 0) is 49.9 Å². The summed E-state index contributed by atoms with van der Waals surface area (Å²) in [6, 6.07) is 5.48. The molecule has 3 aromatic rings. The van der Waals surface area contributed by atoms with E-state index < -0.39 is 6.10 Å². The first kappa shape index (κ1) is 22.4. The highest BCUT2D eigenvalue weighted by Gasteiger charge is 2.25. The van der Waals surface area contributed by atoms with Crippen LogP contribution in [0.2, 0.25) is 5.02 Å². The quantitative estimate of drug-likeness (QED) is 0.589. The van der Waals surface area contributed by atoms with Crippen LogP contribution in [0.4, 0.5) is 0 Å². The summed E-state index contributed by atoms with van der Waals surface area (Å²) in [5, 5.41) is 17.9. The van der Waals surface area contributed by atoms with Crippen LogP contribution >= 0.6 is 11.6 Å². The SMILES string of the molecule is CCn1cc(-c2ccc(Cc3cc(C(=O)NC4CCCC[C@@H]4O)nc(C)c3Cl)cn2)cn1. The third kappa shape index (κ3) is 5.00. The topological polar surface area (TPSA) is 92.9 Å². The summed E-state index contributed by atoms with van der Waals surface area (Å²) in [5.74, 6) is -0.279. The van der Waals surface area contributed by atoms with E-state index in [1.54, 1.807) is 13.0 Å². The minimum absolute atomic E-state index is 0.230. The summed E-state index contributed by atoms with van der Waals surface area (Å²) in [6.07, 6.45) is 9.12. The molecule has 1 aliphatic rings. The molecule has 3 heterocycles. The highest BCUT2D eigenvalue weighted by molar-refractivity contribution is 6.32. The summed E-state index contributed by atoms with van der Waals surface area (Å²) in [4.78, 5) is 21.8. The number of amides is 1. The molecule has 1 amide bonds. The molecule has 0 saturated heterocycles. The van der Waals surface area contributed by atoms with Crippen molar-refractivity contribution in [2.45, 2.75) is 64.6 Å². The molecule has 0 aromatic carbocycles. The van der Waals surface area contributed by atoms with Gasteiger partial charge in [0.15, 0.2) is 0 Å². The second kappa shape index (κ2) is 9.79. The molecule has 1 saturated carbocycles. The monoisotopic (exact) mass is 453 g/mol. The Bertz CT molecular complexity index is 1100. The van der Waals surface area contributed by atoms with E-state index in [1.165, 1.54) is 0 Å². The molecule has 3 aromatic heterocycles. The van der Waals surface area contributed by atoms with Crippen molar-refractivity contribution in [3.05, 3.63) is 64.3 Å². The Labute approximate surface area is 192 Å². The predicted octanol–water partition coefficient (Wildman–Crippen LogP) is 3.95. The lowest BCUT2D eigenvalue weighted by molar-refractivity contribution is 0.0713. The molecule has 1 aliphatic carbocycles. The highest BCUT2D eigenvalue weighted by atomic mass is 35.5. The maximum Gasteiger partial charge on any atom is 0.270 e. The standard InChI is InChI=1S/C24H28ClN5O2/c1-3-30-14-18(13-27-30)19-9-8-16(12-26-19)10-17-11-21(28-15(2)23(17)25)24(32)29-20-6-4-5-7-22(20)31/h8-9,11-14,20,22,31H,3-7,10H2,1-2H3,(H,29,32)/t20?,22-/m0/s1. The van der Waals surface area contributed by atoms with E-state index in [2.05, 4.69) is 20.4 Å². The maximum absolute atomic E-state index is 12.8. The fourth-order valence-electron chi connectivity index (χ4n) is 4.08. The Morgan fingerprint density at radius 1 is 1.28 bits per heavy atom. The Morgan fingerprint density at radius 2 is 2.09 bits per heavy atom. The summed E-state index contributed by atoms with van der Waals surface area (Å²) < 4.78 is 1.86. The third-order valence-corrected chi connectivity index (χ3v) is 6.47. The van der Waals surface area contributed by atoms with Gasteiger partial charge in [-0.1, -0.05) is 30.5 Å². The minimum Gasteiger partial charge on any atom is -0.391 e. The number of pyridine rings is 2. The lowest BCUT2D eigenvalue weighted by atomic mass is 9.92. The second-order valence-corrected chi connectivity index (χ2v) is 8.69. The smallest absolute Gasteiger partial charge is 0.270 e. The Morgan fingerprint density at radius 3 is 2.78 bits per heavy atom. The van der Waals surface area contributed by atoms with E-state index in [-0.39, 0.29) is 11.9 Å². The fraction of sp³-hybridized carbons (Fsp3) is 0.417. The zero-order chi connectivity index (χ0) is 22.7. The van der Waals surface area contributed by atoms with E-state index in [1.807, 2.05) is 42.3 Å². The number of aliphatic hydroxyl groups excluding tert-OH is 1. The molecule has 1 unspecified atom stereocenters. The van der Waals surface area contributed by atoms with Gasteiger partial charge in [-0.15, -0.1) is 0 Å². The zero-order valence-electron chi connectivity index (χ0n) is 18.4. The number of rotatable bonds is 6. The molecule has 2 atom stereocenters. The molecule has 168 valence electrons. The predicted molar refractivity (Wildman–Crippen MR) is 124 cm³/mol. The van der Waals surface area contributed by atoms with Crippen molar-refractivity contribution in [2.24, 2.45) is 0 Å². The fourth-order valence-corrected chi connectivity index (χ4v) is 4.24. The van der Waals surface area contributed by atoms with Crippen LogP contribution in [0, 0.1) is 6.92 Å². The van der Waals surface area contributed by atoms with Crippen LogP contribution in [-0.4, -0.2) is 42.9 Å². The van der Waals surface area contributed by atoms with Gasteiger partial charge in [0, 0.05) is 30.9 Å². The summed E-state index contributed by atoms with van der Waals surface area (Å²) in [7, 11) is 0. The van der Waals surface area contributed by atoms with Crippen molar-refractivity contribution in [3.8, 4) is 11.3 Å². The lowest BCUT2D eigenvalue weighted by Crippen LogP contribution is -2.45. The van der Waals surface area contributed by atoms with Crippen molar-refractivity contribution in [2.75, 3.05) is 0 Å². The Hall–Kier alpha value is -2.77. The van der Waals surface area contributed by atoms with Crippen LogP contribution in [0.25, 0.3) is 11.3 Å². The largest absolute Gasteiger partial charge is 0.391 e. The zero-order valence-corrected chi connectivity index (χ0v) is 19.1. The number of hydrogen-bond donors (Lipinski definition) is 2. The highest BCUT2D eigenvalue weighted by Crippen LogP contribution is 2.25. The third-order valence-electron chi connectivity index (χ3n) is 5.95. The van der Waals surface area contributed by atoms with Gasteiger partial charge in [-0.3, -0.25) is 14.5 Å². The van der Waals surface area contributed by atoms with Crippen LogP contribution in [0.5, 0.6) is 0 Å². The van der Waals surface area contributed by atoms with Crippen LogP contribution in [-0.2, 0) is 13.0 Å². The van der Waals surface area contributed by atoms with Gasteiger partial charge >= 0.3 is 0 Å². The van der Waals surface area contributed by atoms with Gasteiger partial charge in [0.2, 0.25) is 0 Å². The molecular weight excluding hydrogens is 426 g/mol. The number of aryl methyl sites for hydroxylation is 2. The molecule has 0 spiro atoms. The molecular formula is C24H28ClN5O2. The number of nitrogens with one attached hydrogen (secondary N) is 1. The van der Waals surface area contributed by atoms with Gasteiger partial charge < -0.3 is 10.4 Å². The van der Waals surface area contributed by atoms with Gasteiger partial charge in [-0.2, -0.15) is 5.10 Å². The molecule has 8 heteroatoms. The molecule has 0 radical (unpaired) electrons. The normalized spacial score (nSPS) is 18.5. The lowest BCUT2D eigenvalue weighted by Gasteiger charge is -2.28. The number of nitrogens with zero attached hydrogens (tertiary/aromatic N) is 4. The van der Waals surface area contributed by atoms with Crippen molar-refractivity contribution in [3.63, 3.8) is 0 Å². The minimum atomic E-state index is -0.505. The van der Waals surface area contributed by atoms with Crippen molar-refractivity contribution >= 4 is 17.5 Å². The maximum atomic E-state index is 12.8. The number of aliphatic hydroxyl groups is 1. The summed E-state index contributed by atoms with van der Waals surface area (Å²) in [5.41, 5.74) is 4.56. The number of halogens is 1. The van der Waals surface area contributed by atoms with E-state index in [4.69, 9.17) is 11.6 Å². The first-order valence-electron chi connectivity index (χ1n) is 11.1. The van der Waals surface area contributed by atoms with E-state index in [9.17, 15) is 9.90 Å². The van der Waals surface area contributed by atoms with E-state index in [0.717, 1.165) is 48.2 Å². The van der Waals surface area contributed by atoms with E-state index in [0.29, 0.717) is 29.3 Å². The van der Waals surface area contributed by atoms with Crippen LogP contribution in [0.3, 0.4) is 0 Å². The molecule has 0 aliphatic heterocycles. The van der Waals surface area contributed by atoms with Crippen LogP contribution < -0.4 is 5.32 Å². The van der Waals surface area contributed by atoms with Crippen LogP contribution in [0.15, 0.2) is 36.8 Å². The van der Waals surface area contributed by atoms with E-state index >= 15 is 0 Å². The number of aromatic nitrogens is 4. The van der Waals surface area contributed by atoms with Gasteiger partial charge in [-0.25, -0.2) is 4.98 Å². The Kier molecular flexibility index (Phi) is 6.86. The average Bonchev–Trinajstić information content (AvgIpc) is 3.28. The molecule has 0 bridgehead atoms. The summed E-state index contributed by atoms with van der Waals surface area (Å²) >= 11 is 6.52. The Balaban J connectivity index is 1.50. The number of carbonyl (C=O) groups excluding carboxylic acids is 1. The van der Waals surface area contributed by atoms with Crippen molar-refractivity contribution in [1.29, 1.82) is 0 Å². The second-order valence-electron chi connectivity index (χ2n) is 8.31. The average molecular weight is 454 g/mol. The van der Waals surface area contributed by atoms with Gasteiger partial charge in [0.05, 0.1) is 34.8 Å². The van der Waals surface area contributed by atoms with Crippen molar-refractivity contribution < 1.29 is 9.90 Å². The first-order chi connectivity index (χ1) is 15.4. The first-order valence-corrected chi connectivity index (χ1v) is 11.4. The summed E-state index contributed by atoms with van der Waals surface area (Å²) in [6.45, 7) is 4.65. The van der Waals surface area contributed by atoms with Crippen LogP contribution in [0.1, 0.15) is 59.9 Å². The molecule has 7 nitrogen and oxygen atoms in total. The van der Waals surface area contributed by atoms with Gasteiger partial charge in [0.25, 0.3) is 5.91 Å². The molecule has 2 N–H and O–H groups in total. The van der Waals surface area contributed by atoms with Gasteiger partial charge in [0.1, 0.15) is 5.69 Å². The molecule has 32 heavy (non-hydrogen) atoms.